The van der Waals surface area contributed by atoms with Crippen LogP contribution in [0.4, 0.5) is 0 Å². The van der Waals surface area contributed by atoms with Gasteiger partial charge in [-0.2, -0.15) is 0 Å². The van der Waals surface area contributed by atoms with Crippen molar-refractivity contribution in [2.75, 3.05) is 0 Å². The molecule has 0 spiro atoms. The highest BCUT2D eigenvalue weighted by Gasteiger charge is 2.40. The van der Waals surface area contributed by atoms with Crippen LogP contribution in [0.25, 0.3) is 0 Å². The maximum Gasteiger partial charge on any atom is 0.314 e. The van der Waals surface area contributed by atoms with Crippen molar-refractivity contribution < 1.29 is 9.90 Å². The lowest BCUT2D eigenvalue weighted by Gasteiger charge is -1.95. The van der Waals surface area contributed by atoms with E-state index in [0.717, 1.165) is 25.7 Å². The summed E-state index contributed by atoms with van der Waals surface area (Å²) in [5.74, 6) is -0.799. The van der Waals surface area contributed by atoms with Crippen molar-refractivity contribution in [1.29, 1.82) is 0 Å². The monoisotopic (exact) mass is 224 g/mol. The quantitative estimate of drug-likeness (QED) is 0.471. The first-order chi connectivity index (χ1) is 7.72. The van der Waals surface area contributed by atoms with Crippen molar-refractivity contribution in [2.24, 2.45) is 5.92 Å². The van der Waals surface area contributed by atoms with Gasteiger partial charge in [0.05, 0.1) is 5.92 Å². The molecule has 1 N–H and O–H groups in total. The SMILES string of the molecule is CCCCCC1=C(CCCCC)C1C(=O)O. The molecule has 0 heterocycles. The number of carbonyl (C=O) groups is 1. The van der Waals surface area contributed by atoms with Gasteiger partial charge in [0.2, 0.25) is 0 Å². The minimum absolute atomic E-state index is 0.172. The topological polar surface area (TPSA) is 37.3 Å². The average Bonchev–Trinajstić information content (AvgIpc) is 2.93. The van der Waals surface area contributed by atoms with Gasteiger partial charge in [0, 0.05) is 0 Å². The van der Waals surface area contributed by atoms with Crippen LogP contribution in [0.1, 0.15) is 65.2 Å². The second-order valence-corrected chi connectivity index (χ2v) is 4.74. The van der Waals surface area contributed by atoms with E-state index < -0.39 is 5.97 Å². The smallest absolute Gasteiger partial charge is 0.314 e. The molecule has 0 amide bonds. The lowest BCUT2D eigenvalue weighted by atomic mass is 10.1. The standard InChI is InChI=1S/C14H24O2/c1-3-5-7-9-11-12(10-8-6-4-2)13(11)14(15)16/h13H,3-10H2,1-2H3,(H,15,16). The molecule has 16 heavy (non-hydrogen) atoms. The number of carboxylic acid groups (broad SMARTS) is 1. The van der Waals surface area contributed by atoms with Crippen LogP contribution < -0.4 is 0 Å². The Hall–Kier alpha value is -0.790. The Balaban J connectivity index is 2.33. The zero-order valence-corrected chi connectivity index (χ0v) is 10.6. The van der Waals surface area contributed by atoms with Gasteiger partial charge in [-0.05, 0) is 25.7 Å². The zero-order chi connectivity index (χ0) is 12.0. The van der Waals surface area contributed by atoms with E-state index in [1.165, 1.54) is 36.8 Å². The van der Waals surface area contributed by atoms with E-state index >= 15 is 0 Å². The van der Waals surface area contributed by atoms with Gasteiger partial charge < -0.3 is 5.11 Å². The molecule has 0 unspecified atom stereocenters. The second-order valence-electron chi connectivity index (χ2n) is 4.74. The fourth-order valence-electron chi connectivity index (χ4n) is 2.36. The summed E-state index contributed by atoms with van der Waals surface area (Å²) in [5.41, 5.74) is 2.49. The highest BCUT2D eigenvalue weighted by molar-refractivity contribution is 5.84. The third-order valence-corrected chi connectivity index (χ3v) is 3.37. The van der Waals surface area contributed by atoms with Crippen molar-refractivity contribution in [3.63, 3.8) is 0 Å². The van der Waals surface area contributed by atoms with Gasteiger partial charge in [-0.3, -0.25) is 4.79 Å². The van der Waals surface area contributed by atoms with Crippen molar-refractivity contribution in [1.82, 2.24) is 0 Å². The van der Waals surface area contributed by atoms with Crippen LogP contribution in [0.5, 0.6) is 0 Å². The maximum absolute atomic E-state index is 11.0. The van der Waals surface area contributed by atoms with Gasteiger partial charge in [-0.1, -0.05) is 50.7 Å². The predicted octanol–water partition coefficient (Wildman–Crippen LogP) is 4.16. The Kier molecular flexibility index (Phi) is 5.58. The van der Waals surface area contributed by atoms with Crippen LogP contribution in [0, 0.1) is 5.92 Å². The van der Waals surface area contributed by atoms with Crippen LogP contribution in [-0.4, -0.2) is 11.1 Å². The number of aliphatic carboxylic acids is 1. The van der Waals surface area contributed by atoms with Gasteiger partial charge in [-0.15, -0.1) is 0 Å². The molecule has 1 rings (SSSR count). The molecule has 0 aromatic carbocycles. The van der Waals surface area contributed by atoms with E-state index in [1.54, 1.807) is 0 Å². The van der Waals surface area contributed by atoms with Gasteiger partial charge in [-0.25, -0.2) is 0 Å². The minimum atomic E-state index is -0.627. The summed E-state index contributed by atoms with van der Waals surface area (Å²) in [6.45, 7) is 4.36. The molecular formula is C14H24O2. The lowest BCUT2D eigenvalue weighted by molar-refractivity contribution is -0.138. The lowest BCUT2D eigenvalue weighted by Crippen LogP contribution is -2.02. The molecule has 0 aromatic heterocycles. The van der Waals surface area contributed by atoms with Gasteiger partial charge >= 0.3 is 5.97 Å². The Bertz CT molecular complexity index is 246. The van der Waals surface area contributed by atoms with Gasteiger partial charge in [0.1, 0.15) is 0 Å². The zero-order valence-electron chi connectivity index (χ0n) is 10.6. The molecule has 0 bridgehead atoms. The maximum atomic E-state index is 11.0. The van der Waals surface area contributed by atoms with E-state index in [0.29, 0.717) is 0 Å². The predicted molar refractivity (Wildman–Crippen MR) is 66.4 cm³/mol. The molecule has 1 aliphatic rings. The van der Waals surface area contributed by atoms with Crippen LogP contribution in [0.2, 0.25) is 0 Å². The molecule has 0 atom stereocenters. The minimum Gasteiger partial charge on any atom is -0.481 e. The average molecular weight is 224 g/mol. The number of unbranched alkanes of at least 4 members (excludes halogenated alkanes) is 4. The summed E-state index contributed by atoms with van der Waals surface area (Å²) < 4.78 is 0. The summed E-state index contributed by atoms with van der Waals surface area (Å²) >= 11 is 0. The van der Waals surface area contributed by atoms with Crippen LogP contribution >= 0.6 is 0 Å². The molecule has 92 valence electrons. The molecule has 0 radical (unpaired) electrons. The number of carboxylic acids is 1. The highest BCUT2D eigenvalue weighted by atomic mass is 16.4. The molecule has 2 nitrogen and oxygen atoms in total. The first-order valence-corrected chi connectivity index (χ1v) is 6.67. The molecule has 1 aliphatic carbocycles. The van der Waals surface area contributed by atoms with Crippen molar-refractivity contribution in [3.8, 4) is 0 Å². The molecule has 0 aliphatic heterocycles. The van der Waals surface area contributed by atoms with E-state index in [-0.39, 0.29) is 5.92 Å². The fourth-order valence-corrected chi connectivity index (χ4v) is 2.36. The second kappa shape index (κ2) is 6.72. The summed E-state index contributed by atoms with van der Waals surface area (Å²) in [6, 6.07) is 0. The normalized spacial score (nSPS) is 15.6. The molecule has 0 aromatic rings. The largest absolute Gasteiger partial charge is 0.481 e. The number of hydrogen-bond donors (Lipinski definition) is 1. The van der Waals surface area contributed by atoms with Crippen molar-refractivity contribution in [3.05, 3.63) is 11.1 Å². The summed E-state index contributed by atoms with van der Waals surface area (Å²) in [7, 11) is 0. The molecule has 0 fully saturated rings. The Morgan fingerprint density at radius 2 is 1.44 bits per heavy atom. The number of rotatable bonds is 9. The van der Waals surface area contributed by atoms with E-state index in [9.17, 15) is 4.79 Å². The molecule has 2 heteroatoms. The molecule has 0 saturated carbocycles. The van der Waals surface area contributed by atoms with Crippen LogP contribution in [0.15, 0.2) is 11.1 Å². The van der Waals surface area contributed by atoms with E-state index in [2.05, 4.69) is 13.8 Å². The van der Waals surface area contributed by atoms with Gasteiger partial charge in [0.25, 0.3) is 0 Å². The van der Waals surface area contributed by atoms with E-state index in [4.69, 9.17) is 5.11 Å². The molecule has 0 saturated heterocycles. The Morgan fingerprint density at radius 3 is 1.75 bits per heavy atom. The fraction of sp³-hybridized carbons (Fsp3) is 0.786. The summed E-state index contributed by atoms with van der Waals surface area (Å²) in [5, 5.41) is 9.07. The molecular weight excluding hydrogens is 200 g/mol. The van der Waals surface area contributed by atoms with Gasteiger partial charge in [0.15, 0.2) is 0 Å². The van der Waals surface area contributed by atoms with E-state index in [1.807, 2.05) is 0 Å². The Labute approximate surface area is 98.7 Å². The summed E-state index contributed by atoms with van der Waals surface area (Å²) in [6.07, 6.45) is 9.21. The van der Waals surface area contributed by atoms with Crippen molar-refractivity contribution in [2.45, 2.75) is 65.2 Å². The first-order valence-electron chi connectivity index (χ1n) is 6.67. The highest BCUT2D eigenvalue weighted by Crippen LogP contribution is 2.45. The van der Waals surface area contributed by atoms with Crippen LogP contribution in [0.3, 0.4) is 0 Å². The Morgan fingerprint density at radius 1 is 1.00 bits per heavy atom. The number of hydrogen-bond acceptors (Lipinski definition) is 1. The first kappa shape index (κ1) is 13.3. The third-order valence-electron chi connectivity index (χ3n) is 3.37. The summed E-state index contributed by atoms with van der Waals surface area (Å²) in [4.78, 5) is 11.0. The van der Waals surface area contributed by atoms with Crippen LogP contribution in [-0.2, 0) is 4.79 Å². The third kappa shape index (κ3) is 3.66. The van der Waals surface area contributed by atoms with Crippen molar-refractivity contribution >= 4 is 5.97 Å².